The zero-order valence-corrected chi connectivity index (χ0v) is 21.8. The summed E-state index contributed by atoms with van der Waals surface area (Å²) in [5, 5.41) is 0. The van der Waals surface area contributed by atoms with Crippen molar-refractivity contribution in [1.82, 2.24) is 4.48 Å². The minimum Gasteiger partial charge on any atom is -0.295 e. The molecule has 1 rings (SSSR count). The number of alkyl halides is 15. The van der Waals surface area contributed by atoms with Crippen LogP contribution in [0.25, 0.3) is 5.83 Å². The fourth-order valence-corrected chi connectivity index (χ4v) is 3.57. The number of quaternary nitrogens is 1. The van der Waals surface area contributed by atoms with Gasteiger partial charge in [-0.25, -0.2) is 13.6 Å². The van der Waals surface area contributed by atoms with Crippen molar-refractivity contribution in [1.29, 1.82) is 0 Å². The van der Waals surface area contributed by atoms with E-state index in [-0.39, 0.29) is 23.8 Å². The van der Waals surface area contributed by atoms with Crippen LogP contribution in [0.2, 0.25) is 0 Å². The first-order valence-electron chi connectivity index (χ1n) is 11.1. The van der Waals surface area contributed by atoms with E-state index in [2.05, 4.69) is 0 Å². The summed E-state index contributed by atoms with van der Waals surface area (Å²) < 4.78 is 230. The molecule has 0 N–H and O–H groups in total. The zero-order chi connectivity index (χ0) is 34.6. The van der Waals surface area contributed by atoms with Crippen molar-refractivity contribution in [3.05, 3.63) is 40.1 Å². The van der Waals surface area contributed by atoms with Crippen molar-refractivity contribution >= 4 is 17.4 Å². The van der Waals surface area contributed by atoms with E-state index in [1.165, 1.54) is 6.92 Å². The molecule has 1 aromatic carbocycles. The van der Waals surface area contributed by atoms with Crippen molar-refractivity contribution in [2.45, 2.75) is 55.1 Å². The summed E-state index contributed by atoms with van der Waals surface area (Å²) >= 11 is 0. The second kappa shape index (κ2) is 11.2. The summed E-state index contributed by atoms with van der Waals surface area (Å²) in [7, 11) is 2.87. The Morgan fingerprint density at radius 3 is 1.56 bits per heavy atom. The van der Waals surface area contributed by atoms with Gasteiger partial charge in [0.05, 0.1) is 31.0 Å². The molecule has 246 valence electrons. The highest BCUT2D eigenvalue weighted by atomic mass is 19.4. The van der Waals surface area contributed by atoms with E-state index in [0.29, 0.717) is 19.2 Å². The van der Waals surface area contributed by atoms with Crippen LogP contribution in [0.1, 0.15) is 29.3 Å². The molecule has 1 aromatic rings. The van der Waals surface area contributed by atoms with Gasteiger partial charge in [-0.05, 0) is 18.6 Å². The standard InChI is InChI=1S/C22H19F17N2O2/c1-5-8-41(3,4)12-9-10(15(42)40(2)43)6-7-11(12)13(23)14(24)16(25,26)17(27,28)18(29,30)19(31,32)20(33,34)21(35,36)22(37,38)39/h6-7,9H,5,8H2,1-4H3/q+2. The summed E-state index contributed by atoms with van der Waals surface area (Å²) in [6.07, 6.45) is -7.69. The molecule has 0 heterocycles. The highest BCUT2D eigenvalue weighted by Gasteiger charge is 2.93. The normalized spacial score (nSPS) is 15.4. The number of halogens is 17. The van der Waals surface area contributed by atoms with E-state index in [9.17, 15) is 79.9 Å². The summed E-state index contributed by atoms with van der Waals surface area (Å²) in [4.78, 5) is 23.3. The molecule has 0 bridgehead atoms. The predicted octanol–water partition coefficient (Wildman–Crippen LogP) is 8.19. The summed E-state index contributed by atoms with van der Waals surface area (Å²) in [5.41, 5.74) is -3.00. The van der Waals surface area contributed by atoms with Gasteiger partial charge in [0.25, 0.3) is 0 Å². The molecule has 0 fully saturated rings. The minimum absolute atomic E-state index is 0.131. The van der Waals surface area contributed by atoms with Crippen LogP contribution in [0.15, 0.2) is 24.0 Å². The van der Waals surface area contributed by atoms with Crippen LogP contribution in [0.5, 0.6) is 0 Å². The summed E-state index contributed by atoms with van der Waals surface area (Å²) in [6, 6.07) is 1.16. The van der Waals surface area contributed by atoms with Crippen LogP contribution >= 0.6 is 0 Å². The van der Waals surface area contributed by atoms with E-state index >= 15 is 4.39 Å². The van der Waals surface area contributed by atoms with Gasteiger partial charge >= 0.3 is 47.6 Å². The molecule has 0 radical (unpaired) electrons. The van der Waals surface area contributed by atoms with Gasteiger partial charge in [0.15, 0.2) is 12.9 Å². The first-order chi connectivity index (χ1) is 18.8. The Hall–Kier alpha value is -3.00. The molecular formula is C22H19F17N2O2+2. The number of carbonyl (C=O) groups is 1. The van der Waals surface area contributed by atoms with Crippen LogP contribution in [0, 0.1) is 4.91 Å². The zero-order valence-electron chi connectivity index (χ0n) is 21.8. The van der Waals surface area contributed by atoms with E-state index in [1.807, 2.05) is 0 Å². The Kier molecular flexibility index (Phi) is 9.88. The largest absolute Gasteiger partial charge is 0.464 e. The summed E-state index contributed by atoms with van der Waals surface area (Å²) in [5.74, 6) is -59.0. The smallest absolute Gasteiger partial charge is 0.295 e. The van der Waals surface area contributed by atoms with Crippen molar-refractivity contribution in [2.75, 3.05) is 27.7 Å². The van der Waals surface area contributed by atoms with Gasteiger partial charge in [-0.2, -0.15) is 65.9 Å². The molecule has 1 amide bonds. The van der Waals surface area contributed by atoms with Crippen molar-refractivity contribution in [3.8, 4) is 0 Å². The van der Waals surface area contributed by atoms with Gasteiger partial charge in [0.1, 0.15) is 11.3 Å². The first kappa shape index (κ1) is 38.0. The number of allylic oxidation sites excluding steroid dienone is 1. The molecule has 43 heavy (non-hydrogen) atoms. The molecule has 0 spiro atoms. The van der Waals surface area contributed by atoms with Crippen LogP contribution in [-0.2, 0) is 0 Å². The van der Waals surface area contributed by atoms with Gasteiger partial charge in [-0.15, -0.1) is 0 Å². The number of nitrogens with zero attached hydrogens (tertiary/aromatic N) is 2. The number of amides is 1. The Labute approximate surface area is 229 Å². The number of nitroso groups, excluding NO2 is 1. The highest BCUT2D eigenvalue weighted by molar-refractivity contribution is 5.90. The molecule has 0 aliphatic heterocycles. The average molecular weight is 666 g/mol. The predicted molar refractivity (Wildman–Crippen MR) is 114 cm³/mol. The number of hydrogen-bond donors (Lipinski definition) is 0. The third-order valence-corrected chi connectivity index (χ3v) is 6.00. The number of hydrogen-bond acceptors (Lipinski definition) is 2. The van der Waals surface area contributed by atoms with Crippen LogP contribution in [-0.4, -0.2) is 80.1 Å². The molecule has 21 heteroatoms. The first-order valence-corrected chi connectivity index (χ1v) is 11.1. The molecule has 0 aliphatic rings. The maximum Gasteiger partial charge on any atom is 0.464 e. The fraction of sp³-hybridized carbons (Fsp3) is 0.591. The van der Waals surface area contributed by atoms with Crippen molar-refractivity contribution in [3.63, 3.8) is 0 Å². The molecule has 0 aliphatic carbocycles. The molecule has 0 atom stereocenters. The molecule has 0 aromatic heterocycles. The lowest BCUT2D eigenvalue weighted by atomic mass is 9.90. The van der Waals surface area contributed by atoms with Gasteiger partial charge in [-0.1, -0.05) is 6.92 Å². The second-order valence-corrected chi connectivity index (χ2v) is 9.52. The van der Waals surface area contributed by atoms with E-state index in [0.717, 1.165) is 14.1 Å². The second-order valence-electron chi connectivity index (χ2n) is 9.52. The quantitative estimate of drug-likeness (QED) is 0.136. The van der Waals surface area contributed by atoms with E-state index < -0.39 is 80.6 Å². The lowest BCUT2D eigenvalue weighted by Crippen LogP contribution is -2.72. The monoisotopic (exact) mass is 666 g/mol. The molecule has 0 saturated heterocycles. The maximum absolute atomic E-state index is 15.0. The van der Waals surface area contributed by atoms with Gasteiger partial charge < -0.3 is 0 Å². The van der Waals surface area contributed by atoms with Crippen LogP contribution < -0.4 is 4.48 Å². The number of benzene rings is 1. The number of rotatable bonds is 11. The maximum atomic E-state index is 15.0. The van der Waals surface area contributed by atoms with E-state index in [1.54, 1.807) is 0 Å². The third kappa shape index (κ3) is 5.79. The Morgan fingerprint density at radius 2 is 1.16 bits per heavy atom. The molecule has 4 nitrogen and oxygen atoms in total. The van der Waals surface area contributed by atoms with E-state index in [4.69, 9.17) is 0 Å². The van der Waals surface area contributed by atoms with Crippen molar-refractivity contribution in [2.24, 2.45) is 0 Å². The van der Waals surface area contributed by atoms with Gasteiger partial charge in [0.2, 0.25) is 5.83 Å². The summed E-state index contributed by atoms with van der Waals surface area (Å²) in [6.45, 7) is 1.30. The van der Waals surface area contributed by atoms with Crippen LogP contribution in [0.3, 0.4) is 0 Å². The topological polar surface area (TPSA) is 37.1 Å². The average Bonchev–Trinajstić information content (AvgIpc) is 2.85. The number of carbonyl (C=O) groups excluding carboxylic acids is 1. The molecule has 0 unspecified atom stereocenters. The lowest BCUT2D eigenvalue weighted by molar-refractivity contribution is -0.450. The molecular weight excluding hydrogens is 647 g/mol. The van der Waals surface area contributed by atoms with Gasteiger partial charge in [-0.3, -0.25) is 4.48 Å². The SMILES string of the molecule is CCC[N+](C)(C)c1cc(C(=O)[N+](C)=O)ccc1C(F)=C(F)C(F)(F)C(F)(F)C(F)(F)C(F)(F)C(F)(F)C(F)(F)C(F)(F)F. The lowest BCUT2D eigenvalue weighted by Gasteiger charge is -2.41. The van der Waals surface area contributed by atoms with Crippen LogP contribution in [0.4, 0.5) is 80.3 Å². The Bertz CT molecular complexity index is 1280. The third-order valence-electron chi connectivity index (χ3n) is 6.00. The minimum atomic E-state index is -8.68. The fourth-order valence-electron chi connectivity index (χ4n) is 3.57. The Morgan fingerprint density at radius 1 is 0.744 bits per heavy atom. The molecule has 0 saturated carbocycles. The highest BCUT2D eigenvalue weighted by Crippen LogP contribution is 2.63. The van der Waals surface area contributed by atoms with Crippen molar-refractivity contribution < 1.29 is 84.2 Å². The Balaban J connectivity index is 4.00. The van der Waals surface area contributed by atoms with Gasteiger partial charge in [0, 0.05) is 11.0 Å².